The quantitative estimate of drug-likeness (QED) is 0.734. The van der Waals surface area contributed by atoms with E-state index in [1.807, 2.05) is 48.5 Å². The third-order valence-electron chi connectivity index (χ3n) is 2.94. The molecule has 0 aromatic heterocycles. The number of nitriles is 1. The molecule has 0 fully saturated rings. The van der Waals surface area contributed by atoms with E-state index in [1.54, 1.807) is 0 Å². The number of nitrogens with zero attached hydrogens (tertiary/aromatic N) is 1. The largest absolute Gasteiger partial charge is 0.192 e. The fourth-order valence-electron chi connectivity index (χ4n) is 1.95. The van der Waals surface area contributed by atoms with Gasteiger partial charge in [-0.1, -0.05) is 61.2 Å². The molecule has 2 rings (SSSR count). The van der Waals surface area contributed by atoms with Crippen LogP contribution in [0.3, 0.4) is 0 Å². The molecule has 0 spiro atoms. The van der Waals surface area contributed by atoms with Gasteiger partial charge < -0.3 is 0 Å². The van der Waals surface area contributed by atoms with E-state index >= 15 is 0 Å². The van der Waals surface area contributed by atoms with E-state index in [2.05, 4.69) is 30.9 Å². The van der Waals surface area contributed by atoms with E-state index in [1.165, 1.54) is 0 Å². The molecule has 2 aromatic carbocycles. The third-order valence-corrected chi connectivity index (χ3v) is 2.94. The van der Waals surface area contributed by atoms with Crippen LogP contribution < -0.4 is 0 Å². The first-order valence-corrected chi connectivity index (χ1v) is 6.20. The van der Waals surface area contributed by atoms with Gasteiger partial charge in [0.15, 0.2) is 0 Å². The smallest absolute Gasteiger partial charge is 0.0991 e. The number of rotatable bonds is 4. The van der Waals surface area contributed by atoms with Crippen molar-refractivity contribution in [3.05, 3.63) is 90.0 Å². The molecule has 0 amide bonds. The summed E-state index contributed by atoms with van der Waals surface area (Å²) in [5.74, 6) is 0. The molecule has 0 saturated carbocycles. The average Bonchev–Trinajstić information content (AvgIpc) is 2.49. The molecule has 0 aliphatic rings. The van der Waals surface area contributed by atoms with Gasteiger partial charge in [0.25, 0.3) is 0 Å². The van der Waals surface area contributed by atoms with E-state index in [4.69, 9.17) is 5.26 Å². The highest BCUT2D eigenvalue weighted by Gasteiger charge is 1.97. The molecule has 0 aliphatic heterocycles. The zero-order valence-corrected chi connectivity index (χ0v) is 10.7. The Bertz CT molecular complexity index is 630. The van der Waals surface area contributed by atoms with E-state index < -0.39 is 0 Å². The highest BCUT2D eigenvalue weighted by molar-refractivity contribution is 5.73. The molecule has 0 radical (unpaired) electrons. The molecular weight excluding hydrogens is 230 g/mol. The molecule has 1 nitrogen and oxygen atoms in total. The summed E-state index contributed by atoms with van der Waals surface area (Å²) >= 11 is 0. The molecule has 92 valence electrons. The summed E-state index contributed by atoms with van der Waals surface area (Å²) in [6, 6.07) is 20.0. The molecule has 0 bridgehead atoms. The van der Waals surface area contributed by atoms with Crippen LogP contribution in [0, 0.1) is 11.3 Å². The first-order chi connectivity index (χ1) is 9.33. The summed E-state index contributed by atoms with van der Waals surface area (Å²) in [5.41, 5.74) is 4.11. The van der Waals surface area contributed by atoms with Gasteiger partial charge in [-0.05, 0) is 35.3 Å². The molecular formula is C18H15N. The number of hydrogen-bond acceptors (Lipinski definition) is 1. The van der Waals surface area contributed by atoms with E-state index in [9.17, 15) is 0 Å². The Labute approximate surface area is 114 Å². The maximum Gasteiger partial charge on any atom is 0.0991 e. The second-order valence-electron chi connectivity index (χ2n) is 4.25. The van der Waals surface area contributed by atoms with Gasteiger partial charge in [0.1, 0.15) is 0 Å². The van der Waals surface area contributed by atoms with Crippen molar-refractivity contribution in [1.29, 1.82) is 5.26 Å². The van der Waals surface area contributed by atoms with Gasteiger partial charge in [0.2, 0.25) is 0 Å². The minimum Gasteiger partial charge on any atom is -0.192 e. The Morgan fingerprint density at radius 3 is 2.58 bits per heavy atom. The average molecular weight is 245 g/mol. The first-order valence-electron chi connectivity index (χ1n) is 6.20. The van der Waals surface area contributed by atoms with E-state index in [-0.39, 0.29) is 0 Å². The maximum atomic E-state index is 8.88. The van der Waals surface area contributed by atoms with Gasteiger partial charge in [-0.15, -0.1) is 0 Å². The molecule has 0 aliphatic carbocycles. The molecule has 0 atom stereocenters. The van der Waals surface area contributed by atoms with Crippen LogP contribution in [0.5, 0.6) is 0 Å². The third kappa shape index (κ3) is 3.43. The molecule has 0 saturated heterocycles. The molecule has 0 heterocycles. The van der Waals surface area contributed by atoms with Crippen molar-refractivity contribution < 1.29 is 0 Å². The van der Waals surface area contributed by atoms with Crippen LogP contribution in [-0.4, -0.2) is 0 Å². The van der Waals surface area contributed by atoms with Gasteiger partial charge in [-0.25, -0.2) is 0 Å². The fraction of sp³-hybridized carbons (Fsp3) is 0.0556. The van der Waals surface area contributed by atoms with Crippen LogP contribution in [-0.2, 0) is 6.42 Å². The van der Waals surface area contributed by atoms with Crippen LogP contribution in [0.15, 0.2) is 73.3 Å². The van der Waals surface area contributed by atoms with Gasteiger partial charge in [-0.3, -0.25) is 0 Å². The standard InChI is InChI=1S/C18H15N/c1-2-17(18-9-4-3-5-10-18)12-11-15-7-6-8-16(13-15)14-19/h2-10,12-13H,1,11H2/b17-12+. The summed E-state index contributed by atoms with van der Waals surface area (Å²) in [6.07, 6.45) is 4.80. The first kappa shape index (κ1) is 12.9. The zero-order valence-electron chi connectivity index (χ0n) is 10.7. The highest BCUT2D eigenvalue weighted by Crippen LogP contribution is 2.16. The van der Waals surface area contributed by atoms with E-state index in [0.717, 1.165) is 23.1 Å². The fourth-order valence-corrected chi connectivity index (χ4v) is 1.95. The van der Waals surface area contributed by atoms with Gasteiger partial charge in [0.05, 0.1) is 11.6 Å². The molecule has 1 heteroatoms. The minimum absolute atomic E-state index is 0.700. The van der Waals surface area contributed by atoms with Crippen molar-refractivity contribution in [2.45, 2.75) is 6.42 Å². The summed E-state index contributed by atoms with van der Waals surface area (Å²) < 4.78 is 0. The zero-order chi connectivity index (χ0) is 13.5. The van der Waals surface area contributed by atoms with Crippen molar-refractivity contribution in [1.82, 2.24) is 0 Å². The van der Waals surface area contributed by atoms with Crippen LogP contribution in [0.4, 0.5) is 0 Å². The van der Waals surface area contributed by atoms with Gasteiger partial charge >= 0.3 is 0 Å². The SMILES string of the molecule is C=C/C(=C\Cc1cccc(C#N)c1)c1ccccc1. The van der Waals surface area contributed by atoms with Crippen LogP contribution in [0.2, 0.25) is 0 Å². The van der Waals surface area contributed by atoms with E-state index in [0.29, 0.717) is 5.56 Å². The van der Waals surface area contributed by atoms with Crippen molar-refractivity contribution >= 4 is 5.57 Å². The second kappa shape index (κ2) is 6.37. The van der Waals surface area contributed by atoms with Crippen molar-refractivity contribution in [3.8, 4) is 6.07 Å². The lowest BCUT2D eigenvalue weighted by atomic mass is 10.0. The van der Waals surface area contributed by atoms with Crippen molar-refractivity contribution in [3.63, 3.8) is 0 Å². The van der Waals surface area contributed by atoms with Crippen molar-refractivity contribution in [2.24, 2.45) is 0 Å². The number of allylic oxidation sites excluding steroid dienone is 3. The van der Waals surface area contributed by atoms with Gasteiger partial charge in [-0.2, -0.15) is 5.26 Å². The van der Waals surface area contributed by atoms with Crippen molar-refractivity contribution in [2.75, 3.05) is 0 Å². The van der Waals surface area contributed by atoms with Crippen LogP contribution >= 0.6 is 0 Å². The Morgan fingerprint density at radius 1 is 1.11 bits per heavy atom. The second-order valence-corrected chi connectivity index (χ2v) is 4.25. The highest BCUT2D eigenvalue weighted by atomic mass is 14.2. The van der Waals surface area contributed by atoms with Gasteiger partial charge in [0, 0.05) is 0 Å². The molecule has 19 heavy (non-hydrogen) atoms. The summed E-state index contributed by atoms with van der Waals surface area (Å²) in [6.45, 7) is 3.86. The normalized spacial score (nSPS) is 10.8. The summed E-state index contributed by atoms with van der Waals surface area (Å²) in [4.78, 5) is 0. The Morgan fingerprint density at radius 2 is 1.89 bits per heavy atom. The maximum absolute atomic E-state index is 8.88. The predicted molar refractivity (Wildman–Crippen MR) is 79.5 cm³/mol. The molecule has 0 N–H and O–H groups in total. The minimum atomic E-state index is 0.700. The molecule has 2 aromatic rings. The number of hydrogen-bond donors (Lipinski definition) is 0. The number of benzene rings is 2. The van der Waals surface area contributed by atoms with Crippen LogP contribution in [0.25, 0.3) is 5.57 Å². The summed E-state index contributed by atoms with van der Waals surface area (Å²) in [7, 11) is 0. The predicted octanol–water partition coefficient (Wildman–Crippen LogP) is 4.37. The molecule has 0 unspecified atom stereocenters. The lowest BCUT2D eigenvalue weighted by molar-refractivity contribution is 1.26. The Hall–Kier alpha value is -2.59. The lowest BCUT2D eigenvalue weighted by Crippen LogP contribution is -1.86. The monoisotopic (exact) mass is 245 g/mol. The topological polar surface area (TPSA) is 23.8 Å². The Kier molecular flexibility index (Phi) is 4.31. The Balaban J connectivity index is 2.21. The summed E-state index contributed by atoms with van der Waals surface area (Å²) in [5, 5.41) is 8.88. The van der Waals surface area contributed by atoms with Crippen LogP contribution in [0.1, 0.15) is 16.7 Å². The lowest BCUT2D eigenvalue weighted by Gasteiger charge is -2.03.